The van der Waals surface area contributed by atoms with E-state index in [0.717, 1.165) is 38.3 Å². The van der Waals surface area contributed by atoms with Crippen LogP contribution in [0.5, 0.6) is 0 Å². The maximum absolute atomic E-state index is 12.1. The Morgan fingerprint density at radius 1 is 1.53 bits per heavy atom. The van der Waals surface area contributed by atoms with Crippen LogP contribution >= 0.6 is 0 Å². The molecule has 0 saturated carbocycles. The molecular formula is C14H22N4O. The Morgan fingerprint density at radius 3 is 3.00 bits per heavy atom. The van der Waals surface area contributed by atoms with E-state index in [-0.39, 0.29) is 11.9 Å². The Hall–Kier alpha value is -1.62. The first-order chi connectivity index (χ1) is 9.15. The van der Waals surface area contributed by atoms with E-state index in [2.05, 4.69) is 16.6 Å². The lowest BCUT2D eigenvalue weighted by Gasteiger charge is -2.38. The predicted molar refractivity (Wildman–Crippen MR) is 74.6 cm³/mol. The van der Waals surface area contributed by atoms with Crippen LogP contribution in [0.25, 0.3) is 0 Å². The van der Waals surface area contributed by atoms with E-state index in [1.807, 2.05) is 41.9 Å². The summed E-state index contributed by atoms with van der Waals surface area (Å²) in [5, 5.41) is 4.27. The van der Waals surface area contributed by atoms with Crippen molar-refractivity contribution in [1.29, 1.82) is 0 Å². The molecule has 0 aromatic carbocycles. The van der Waals surface area contributed by atoms with Gasteiger partial charge in [0.15, 0.2) is 0 Å². The molecule has 0 radical (unpaired) electrons. The Bertz CT molecular complexity index is 454. The molecule has 1 amide bonds. The van der Waals surface area contributed by atoms with E-state index < -0.39 is 0 Å². The first kappa shape index (κ1) is 13.8. The highest BCUT2D eigenvalue weighted by atomic mass is 16.2. The zero-order valence-electron chi connectivity index (χ0n) is 11.7. The van der Waals surface area contributed by atoms with Gasteiger partial charge in [-0.05, 0) is 13.8 Å². The molecule has 1 atom stereocenters. The molecule has 5 nitrogen and oxygen atoms in total. The fourth-order valence-electron chi connectivity index (χ4n) is 2.46. The van der Waals surface area contributed by atoms with Gasteiger partial charge in [-0.15, -0.1) is 6.58 Å². The second-order valence-corrected chi connectivity index (χ2v) is 4.92. The van der Waals surface area contributed by atoms with Crippen molar-refractivity contribution in [2.24, 2.45) is 0 Å². The maximum Gasteiger partial charge on any atom is 0.239 e. The Kier molecular flexibility index (Phi) is 4.37. The Labute approximate surface area is 114 Å². The molecule has 104 valence electrons. The van der Waals surface area contributed by atoms with Gasteiger partial charge < -0.3 is 4.90 Å². The summed E-state index contributed by atoms with van der Waals surface area (Å²) in [7, 11) is 0. The van der Waals surface area contributed by atoms with Crippen LogP contribution in [-0.2, 0) is 17.9 Å². The van der Waals surface area contributed by atoms with Crippen molar-refractivity contribution >= 4 is 5.91 Å². The zero-order chi connectivity index (χ0) is 13.8. The van der Waals surface area contributed by atoms with Gasteiger partial charge in [0.05, 0.1) is 18.8 Å². The number of carbonyl (C=O) groups excluding carboxylic acids is 1. The first-order valence-corrected chi connectivity index (χ1v) is 6.80. The van der Waals surface area contributed by atoms with Crippen LogP contribution in [0.3, 0.4) is 0 Å². The minimum Gasteiger partial charge on any atom is -0.340 e. The fraction of sp³-hybridized carbons (Fsp3) is 0.571. The minimum atomic E-state index is -0.0449. The van der Waals surface area contributed by atoms with Crippen molar-refractivity contribution in [3.63, 3.8) is 0 Å². The highest BCUT2D eigenvalue weighted by Gasteiger charge is 2.30. The predicted octanol–water partition coefficient (Wildman–Crippen LogP) is 1.12. The van der Waals surface area contributed by atoms with Crippen molar-refractivity contribution < 1.29 is 4.79 Å². The van der Waals surface area contributed by atoms with Crippen molar-refractivity contribution in [3.05, 3.63) is 30.6 Å². The molecule has 2 rings (SSSR count). The molecule has 0 unspecified atom stereocenters. The Morgan fingerprint density at radius 2 is 2.32 bits per heavy atom. The number of aromatic nitrogens is 2. The third-order valence-electron chi connectivity index (χ3n) is 3.64. The molecule has 0 aliphatic carbocycles. The second kappa shape index (κ2) is 6.02. The summed E-state index contributed by atoms with van der Waals surface area (Å²) >= 11 is 0. The highest BCUT2D eigenvalue weighted by Crippen LogP contribution is 2.14. The summed E-state index contributed by atoms with van der Waals surface area (Å²) in [5.74, 6) is 0.229. The third kappa shape index (κ3) is 3.04. The third-order valence-corrected chi connectivity index (χ3v) is 3.64. The van der Waals surface area contributed by atoms with Gasteiger partial charge >= 0.3 is 0 Å². The van der Waals surface area contributed by atoms with Crippen molar-refractivity contribution in [3.8, 4) is 0 Å². The standard InChI is InChI=1S/C14H22N4O/c1-4-6-18-11-13(9-15-18)10-17-8-7-16(5-2)14(19)12(17)3/h4,9,11-12H,1,5-8,10H2,2-3H3/t12-/m0/s1. The second-order valence-electron chi connectivity index (χ2n) is 4.92. The van der Waals surface area contributed by atoms with E-state index in [9.17, 15) is 4.79 Å². The summed E-state index contributed by atoms with van der Waals surface area (Å²) in [6.07, 6.45) is 5.71. The summed E-state index contributed by atoms with van der Waals surface area (Å²) < 4.78 is 1.86. The van der Waals surface area contributed by atoms with Crippen LogP contribution in [0.4, 0.5) is 0 Å². The van der Waals surface area contributed by atoms with Crippen LogP contribution < -0.4 is 0 Å². The van der Waals surface area contributed by atoms with Crippen molar-refractivity contribution in [1.82, 2.24) is 19.6 Å². The van der Waals surface area contributed by atoms with Gasteiger partial charge in [0.1, 0.15) is 0 Å². The number of hydrogen-bond donors (Lipinski definition) is 0. The molecule has 0 bridgehead atoms. The van der Waals surface area contributed by atoms with Gasteiger partial charge in [0.2, 0.25) is 5.91 Å². The monoisotopic (exact) mass is 262 g/mol. The van der Waals surface area contributed by atoms with E-state index in [0.29, 0.717) is 0 Å². The van der Waals surface area contributed by atoms with Gasteiger partial charge in [-0.3, -0.25) is 14.4 Å². The number of amides is 1. The van der Waals surface area contributed by atoms with E-state index in [1.54, 1.807) is 0 Å². The fourth-order valence-corrected chi connectivity index (χ4v) is 2.46. The van der Waals surface area contributed by atoms with Gasteiger partial charge in [-0.25, -0.2) is 0 Å². The maximum atomic E-state index is 12.1. The lowest BCUT2D eigenvalue weighted by Crippen LogP contribution is -2.55. The molecule has 1 aliphatic heterocycles. The van der Waals surface area contributed by atoms with Crippen LogP contribution in [-0.4, -0.2) is 51.2 Å². The normalized spacial score (nSPS) is 20.8. The van der Waals surface area contributed by atoms with Crippen molar-refractivity contribution in [2.45, 2.75) is 33.0 Å². The number of hydrogen-bond acceptors (Lipinski definition) is 3. The van der Waals surface area contributed by atoms with E-state index in [1.165, 1.54) is 0 Å². The smallest absolute Gasteiger partial charge is 0.239 e. The van der Waals surface area contributed by atoms with Crippen molar-refractivity contribution in [2.75, 3.05) is 19.6 Å². The number of allylic oxidation sites excluding steroid dienone is 1. The van der Waals surface area contributed by atoms with Gasteiger partial charge in [-0.1, -0.05) is 6.08 Å². The molecule has 1 saturated heterocycles. The molecule has 1 fully saturated rings. The van der Waals surface area contributed by atoms with Gasteiger partial charge in [0, 0.05) is 37.9 Å². The summed E-state index contributed by atoms with van der Waals surface area (Å²) in [6.45, 7) is 11.8. The van der Waals surface area contributed by atoms with E-state index in [4.69, 9.17) is 0 Å². The van der Waals surface area contributed by atoms with Crippen LogP contribution in [0.15, 0.2) is 25.0 Å². The SMILES string of the molecule is C=CCn1cc(CN2CCN(CC)C(=O)[C@@H]2C)cn1. The quantitative estimate of drug-likeness (QED) is 0.747. The van der Waals surface area contributed by atoms with E-state index >= 15 is 0 Å². The number of rotatable bonds is 5. The first-order valence-electron chi connectivity index (χ1n) is 6.80. The molecule has 0 spiro atoms. The lowest BCUT2D eigenvalue weighted by atomic mass is 10.1. The summed E-state index contributed by atoms with van der Waals surface area (Å²) in [6, 6.07) is -0.0449. The average Bonchev–Trinajstić information content (AvgIpc) is 2.83. The molecule has 1 aliphatic rings. The number of piperazine rings is 1. The summed E-state index contributed by atoms with van der Waals surface area (Å²) in [4.78, 5) is 16.2. The van der Waals surface area contributed by atoms with Crippen LogP contribution in [0, 0.1) is 0 Å². The molecule has 1 aromatic rings. The summed E-state index contributed by atoms with van der Waals surface area (Å²) in [5.41, 5.74) is 1.14. The number of nitrogens with zero attached hydrogens (tertiary/aromatic N) is 4. The lowest BCUT2D eigenvalue weighted by molar-refractivity contribution is -0.141. The largest absolute Gasteiger partial charge is 0.340 e. The zero-order valence-corrected chi connectivity index (χ0v) is 11.7. The highest BCUT2D eigenvalue weighted by molar-refractivity contribution is 5.82. The molecule has 5 heteroatoms. The Balaban J connectivity index is 1.98. The molecule has 19 heavy (non-hydrogen) atoms. The topological polar surface area (TPSA) is 41.4 Å². The number of likely N-dealkylation sites (N-methyl/N-ethyl adjacent to an activating group) is 1. The average molecular weight is 262 g/mol. The minimum absolute atomic E-state index is 0.0449. The molecular weight excluding hydrogens is 240 g/mol. The number of carbonyl (C=O) groups is 1. The molecule has 2 heterocycles. The van der Waals surface area contributed by atoms with Gasteiger partial charge in [-0.2, -0.15) is 5.10 Å². The van der Waals surface area contributed by atoms with Crippen LogP contribution in [0.2, 0.25) is 0 Å². The van der Waals surface area contributed by atoms with Crippen LogP contribution in [0.1, 0.15) is 19.4 Å². The molecule has 0 N–H and O–H groups in total. The van der Waals surface area contributed by atoms with Gasteiger partial charge in [0.25, 0.3) is 0 Å². The molecule has 1 aromatic heterocycles.